The second-order valence-electron chi connectivity index (χ2n) is 5.68. The molecule has 7 heteroatoms. The monoisotopic (exact) mass is 354 g/mol. The van der Waals surface area contributed by atoms with Crippen molar-refractivity contribution in [1.82, 2.24) is 4.90 Å². The molecule has 26 heavy (non-hydrogen) atoms. The van der Waals surface area contributed by atoms with E-state index < -0.39 is 16.6 Å². The van der Waals surface area contributed by atoms with Gasteiger partial charge in [0.2, 0.25) is 0 Å². The Kier molecular flexibility index (Phi) is 5.07. The molecule has 0 spiro atoms. The fourth-order valence-electron chi connectivity index (χ4n) is 2.58. The fourth-order valence-corrected chi connectivity index (χ4v) is 2.58. The molecule has 1 amide bonds. The lowest BCUT2D eigenvalue weighted by molar-refractivity contribution is -0.384. The molecule has 3 aromatic rings. The van der Waals surface area contributed by atoms with E-state index in [1.54, 1.807) is 24.3 Å². The van der Waals surface area contributed by atoms with Gasteiger partial charge >= 0.3 is 0 Å². The molecule has 1 aromatic heterocycles. The summed E-state index contributed by atoms with van der Waals surface area (Å²) in [6.45, 7) is 0.297. The molecule has 0 aliphatic rings. The van der Waals surface area contributed by atoms with Crippen molar-refractivity contribution in [2.75, 3.05) is 0 Å². The van der Waals surface area contributed by atoms with Gasteiger partial charge in [-0.3, -0.25) is 14.9 Å². The van der Waals surface area contributed by atoms with Gasteiger partial charge in [-0.1, -0.05) is 18.2 Å². The average Bonchev–Trinajstić information content (AvgIpc) is 3.14. The molecule has 0 saturated carbocycles. The summed E-state index contributed by atoms with van der Waals surface area (Å²) in [6.07, 6.45) is 1.49. The van der Waals surface area contributed by atoms with Crippen molar-refractivity contribution in [2.24, 2.45) is 0 Å². The molecule has 0 bridgehead atoms. The minimum Gasteiger partial charge on any atom is -0.467 e. The summed E-state index contributed by atoms with van der Waals surface area (Å²) in [4.78, 5) is 24.8. The van der Waals surface area contributed by atoms with Crippen LogP contribution in [0.2, 0.25) is 0 Å². The van der Waals surface area contributed by atoms with Gasteiger partial charge in [0.15, 0.2) is 0 Å². The third-order valence-electron chi connectivity index (χ3n) is 3.78. The Balaban J connectivity index is 1.90. The number of hydrogen-bond donors (Lipinski definition) is 0. The van der Waals surface area contributed by atoms with E-state index in [2.05, 4.69) is 0 Å². The average molecular weight is 354 g/mol. The Morgan fingerprint density at radius 3 is 2.58 bits per heavy atom. The molecule has 2 aromatic carbocycles. The maximum Gasteiger partial charge on any atom is 0.270 e. The van der Waals surface area contributed by atoms with Crippen LogP contribution in [0.5, 0.6) is 0 Å². The van der Waals surface area contributed by atoms with E-state index in [0.29, 0.717) is 11.3 Å². The molecule has 0 N–H and O–H groups in total. The van der Waals surface area contributed by atoms with Gasteiger partial charge in [0.25, 0.3) is 11.6 Å². The Morgan fingerprint density at radius 2 is 1.88 bits per heavy atom. The fraction of sp³-hybridized carbons (Fsp3) is 0.105. The lowest BCUT2D eigenvalue weighted by Crippen LogP contribution is -2.30. The highest BCUT2D eigenvalue weighted by Crippen LogP contribution is 2.18. The molecule has 0 aliphatic carbocycles. The van der Waals surface area contributed by atoms with Crippen molar-refractivity contribution in [3.63, 3.8) is 0 Å². The van der Waals surface area contributed by atoms with Crippen LogP contribution in [0.4, 0.5) is 10.1 Å². The molecule has 0 fully saturated rings. The van der Waals surface area contributed by atoms with E-state index in [1.807, 2.05) is 0 Å². The second kappa shape index (κ2) is 7.60. The summed E-state index contributed by atoms with van der Waals surface area (Å²) in [5.41, 5.74) is 0.622. The number of carbonyl (C=O) groups excluding carboxylic acids is 1. The zero-order valence-corrected chi connectivity index (χ0v) is 13.7. The number of rotatable bonds is 6. The van der Waals surface area contributed by atoms with Crippen molar-refractivity contribution in [3.05, 3.63) is 99.7 Å². The molecule has 1 heterocycles. The smallest absolute Gasteiger partial charge is 0.270 e. The van der Waals surface area contributed by atoms with Crippen molar-refractivity contribution >= 4 is 11.6 Å². The SMILES string of the molecule is O=C(c1cccc([N+](=O)[O-])c1)N(Cc1cccc(F)c1)Cc1ccco1. The summed E-state index contributed by atoms with van der Waals surface area (Å²) in [5.74, 6) is -0.252. The number of nitrogens with zero attached hydrogens (tertiary/aromatic N) is 2. The van der Waals surface area contributed by atoms with E-state index in [9.17, 15) is 19.3 Å². The quantitative estimate of drug-likeness (QED) is 0.492. The number of carbonyl (C=O) groups is 1. The number of hydrogen-bond acceptors (Lipinski definition) is 4. The van der Waals surface area contributed by atoms with Crippen LogP contribution in [-0.2, 0) is 13.1 Å². The van der Waals surface area contributed by atoms with Gasteiger partial charge in [0, 0.05) is 24.2 Å². The Labute approximate surface area is 148 Å². The molecule has 0 atom stereocenters. The van der Waals surface area contributed by atoms with Crippen LogP contribution >= 0.6 is 0 Å². The number of furan rings is 1. The Bertz CT molecular complexity index is 925. The standard InChI is InChI=1S/C19H15FN2O4/c20-16-6-1-4-14(10-16)12-21(13-18-8-3-9-26-18)19(23)15-5-2-7-17(11-15)22(24)25/h1-11H,12-13H2. The molecule has 3 rings (SSSR count). The maximum absolute atomic E-state index is 13.5. The van der Waals surface area contributed by atoms with Gasteiger partial charge in [-0.15, -0.1) is 0 Å². The Morgan fingerprint density at radius 1 is 1.08 bits per heavy atom. The molecule has 0 saturated heterocycles. The predicted octanol–water partition coefficient (Wildman–Crippen LogP) is 4.17. The number of nitro groups is 1. The number of benzene rings is 2. The van der Waals surface area contributed by atoms with E-state index >= 15 is 0 Å². The zero-order chi connectivity index (χ0) is 18.5. The van der Waals surface area contributed by atoms with Gasteiger partial charge < -0.3 is 9.32 Å². The number of non-ortho nitro benzene ring substituents is 1. The highest BCUT2D eigenvalue weighted by Gasteiger charge is 2.20. The number of halogens is 1. The first-order valence-corrected chi connectivity index (χ1v) is 7.83. The van der Waals surface area contributed by atoms with E-state index in [0.717, 1.165) is 0 Å². The summed E-state index contributed by atoms with van der Waals surface area (Å²) >= 11 is 0. The number of nitro benzene ring substituents is 1. The summed E-state index contributed by atoms with van der Waals surface area (Å²) in [6, 6.07) is 14.9. The largest absolute Gasteiger partial charge is 0.467 e. The van der Waals surface area contributed by atoms with Crippen molar-refractivity contribution in [3.8, 4) is 0 Å². The highest BCUT2D eigenvalue weighted by atomic mass is 19.1. The molecule has 0 radical (unpaired) electrons. The van der Waals surface area contributed by atoms with Crippen LogP contribution in [-0.4, -0.2) is 15.7 Å². The third-order valence-corrected chi connectivity index (χ3v) is 3.78. The topological polar surface area (TPSA) is 76.6 Å². The molecule has 6 nitrogen and oxygen atoms in total. The number of amides is 1. The first-order chi connectivity index (χ1) is 12.5. The van der Waals surface area contributed by atoms with Gasteiger partial charge in [-0.2, -0.15) is 0 Å². The van der Waals surface area contributed by atoms with E-state index in [-0.39, 0.29) is 24.3 Å². The second-order valence-corrected chi connectivity index (χ2v) is 5.68. The lowest BCUT2D eigenvalue weighted by atomic mass is 10.1. The van der Waals surface area contributed by atoms with E-state index in [4.69, 9.17) is 4.42 Å². The van der Waals surface area contributed by atoms with E-state index in [1.165, 1.54) is 47.6 Å². The van der Waals surface area contributed by atoms with Gasteiger partial charge in [0.05, 0.1) is 17.7 Å². The van der Waals surface area contributed by atoms with Gasteiger partial charge in [0.1, 0.15) is 11.6 Å². The zero-order valence-electron chi connectivity index (χ0n) is 13.7. The minimum absolute atomic E-state index is 0.139. The summed E-state index contributed by atoms with van der Waals surface area (Å²) in [5, 5.41) is 11.0. The van der Waals surface area contributed by atoms with Crippen LogP contribution in [0.25, 0.3) is 0 Å². The van der Waals surface area contributed by atoms with Gasteiger partial charge in [-0.25, -0.2) is 4.39 Å². The van der Waals surface area contributed by atoms with Crippen LogP contribution in [0.15, 0.2) is 71.3 Å². The lowest BCUT2D eigenvalue weighted by Gasteiger charge is -2.22. The van der Waals surface area contributed by atoms with Crippen LogP contribution in [0.3, 0.4) is 0 Å². The first-order valence-electron chi connectivity index (χ1n) is 7.83. The predicted molar refractivity (Wildman–Crippen MR) is 91.8 cm³/mol. The summed E-state index contributed by atoms with van der Waals surface area (Å²) < 4.78 is 18.8. The molecular formula is C19H15FN2O4. The Hall–Kier alpha value is -3.48. The molecular weight excluding hydrogens is 339 g/mol. The van der Waals surface area contributed by atoms with Gasteiger partial charge in [-0.05, 0) is 35.9 Å². The van der Waals surface area contributed by atoms with Crippen molar-refractivity contribution in [2.45, 2.75) is 13.1 Å². The maximum atomic E-state index is 13.5. The minimum atomic E-state index is -0.555. The normalized spacial score (nSPS) is 10.5. The third kappa shape index (κ3) is 4.13. The van der Waals surface area contributed by atoms with Crippen molar-refractivity contribution in [1.29, 1.82) is 0 Å². The molecule has 0 aliphatic heterocycles. The summed E-state index contributed by atoms with van der Waals surface area (Å²) in [7, 11) is 0. The molecule has 0 unspecified atom stereocenters. The van der Waals surface area contributed by atoms with Crippen LogP contribution in [0.1, 0.15) is 21.7 Å². The molecule has 132 valence electrons. The van der Waals surface area contributed by atoms with Crippen LogP contribution in [0, 0.1) is 15.9 Å². The highest BCUT2D eigenvalue weighted by molar-refractivity contribution is 5.94. The first kappa shape index (κ1) is 17.3. The van der Waals surface area contributed by atoms with Crippen LogP contribution < -0.4 is 0 Å². The van der Waals surface area contributed by atoms with Crippen molar-refractivity contribution < 1.29 is 18.5 Å².